The summed E-state index contributed by atoms with van der Waals surface area (Å²) >= 11 is 1.85. The Morgan fingerprint density at radius 2 is 2.31 bits per heavy atom. The predicted octanol–water partition coefficient (Wildman–Crippen LogP) is 2.94. The Balaban J connectivity index is 1.95. The summed E-state index contributed by atoms with van der Waals surface area (Å²) < 4.78 is 0. The molecular weight excluding hydrogens is 218 g/mol. The minimum Gasteiger partial charge on any atom is -0.347 e. The molecule has 0 aliphatic rings. The van der Waals surface area contributed by atoms with Gasteiger partial charge in [-0.1, -0.05) is 0 Å². The van der Waals surface area contributed by atoms with E-state index in [9.17, 15) is 0 Å². The molecule has 86 valence electrons. The van der Waals surface area contributed by atoms with Crippen LogP contribution in [0.3, 0.4) is 0 Å². The first-order valence-corrected chi connectivity index (χ1v) is 6.27. The molecule has 0 aliphatic heterocycles. The van der Waals surface area contributed by atoms with Crippen LogP contribution in [0, 0.1) is 13.8 Å². The molecule has 2 N–H and O–H groups in total. The molecule has 0 aliphatic carbocycles. The number of thiophene rings is 1. The van der Waals surface area contributed by atoms with Gasteiger partial charge in [-0.15, -0.1) is 11.3 Å². The van der Waals surface area contributed by atoms with Gasteiger partial charge in [0.15, 0.2) is 0 Å². The minimum atomic E-state index is 0.259. The monoisotopic (exact) mass is 235 g/mol. The van der Waals surface area contributed by atoms with Gasteiger partial charge in [-0.25, -0.2) is 4.98 Å². The molecule has 1 unspecified atom stereocenters. The highest BCUT2D eigenvalue weighted by atomic mass is 32.1. The van der Waals surface area contributed by atoms with Crippen LogP contribution in [0.15, 0.2) is 18.5 Å². The van der Waals surface area contributed by atoms with E-state index in [1.165, 1.54) is 15.3 Å². The average Bonchev–Trinajstić information content (AvgIpc) is 2.84. The molecule has 2 rings (SSSR count). The minimum absolute atomic E-state index is 0.259. The number of nitrogens with zero attached hydrogens (tertiary/aromatic N) is 1. The van der Waals surface area contributed by atoms with Gasteiger partial charge in [-0.3, -0.25) is 0 Å². The summed E-state index contributed by atoms with van der Waals surface area (Å²) in [6.07, 6.45) is 3.64. The Morgan fingerprint density at radius 3 is 2.88 bits per heavy atom. The van der Waals surface area contributed by atoms with E-state index in [0.717, 1.165) is 12.4 Å². The van der Waals surface area contributed by atoms with Gasteiger partial charge in [0.05, 0.1) is 6.04 Å². The second kappa shape index (κ2) is 4.80. The summed E-state index contributed by atoms with van der Waals surface area (Å²) in [6.45, 7) is 7.34. The summed E-state index contributed by atoms with van der Waals surface area (Å²) in [5.41, 5.74) is 1.39. The van der Waals surface area contributed by atoms with E-state index in [0.29, 0.717) is 0 Å². The van der Waals surface area contributed by atoms with Crippen molar-refractivity contribution in [2.45, 2.75) is 33.4 Å². The van der Waals surface area contributed by atoms with Gasteiger partial charge in [0.25, 0.3) is 0 Å². The number of H-pyrrole nitrogens is 1. The smallest absolute Gasteiger partial charge is 0.122 e. The lowest BCUT2D eigenvalue weighted by molar-refractivity contribution is 0.550. The van der Waals surface area contributed by atoms with Crippen LogP contribution >= 0.6 is 11.3 Å². The van der Waals surface area contributed by atoms with E-state index in [1.807, 2.05) is 17.5 Å². The van der Waals surface area contributed by atoms with Crippen LogP contribution in [0.4, 0.5) is 0 Å². The van der Waals surface area contributed by atoms with Gasteiger partial charge in [-0.05, 0) is 32.4 Å². The van der Waals surface area contributed by atoms with Crippen molar-refractivity contribution in [2.75, 3.05) is 0 Å². The maximum Gasteiger partial charge on any atom is 0.122 e. The van der Waals surface area contributed by atoms with Crippen LogP contribution in [0.25, 0.3) is 0 Å². The highest BCUT2D eigenvalue weighted by molar-refractivity contribution is 7.12. The molecule has 0 spiro atoms. The first-order chi connectivity index (χ1) is 7.66. The van der Waals surface area contributed by atoms with Gasteiger partial charge in [0, 0.05) is 28.7 Å². The Morgan fingerprint density at radius 1 is 1.50 bits per heavy atom. The first-order valence-electron chi connectivity index (χ1n) is 5.45. The lowest BCUT2D eigenvalue weighted by atomic mass is 10.2. The van der Waals surface area contributed by atoms with E-state index >= 15 is 0 Å². The van der Waals surface area contributed by atoms with E-state index in [-0.39, 0.29) is 6.04 Å². The second-order valence-electron chi connectivity index (χ2n) is 4.02. The Bertz CT molecular complexity index is 445. The summed E-state index contributed by atoms with van der Waals surface area (Å²) in [7, 11) is 0. The van der Waals surface area contributed by atoms with Crippen LogP contribution in [0.1, 0.15) is 34.1 Å². The molecule has 0 fully saturated rings. The summed E-state index contributed by atoms with van der Waals surface area (Å²) in [5.74, 6) is 0.990. The summed E-state index contributed by atoms with van der Waals surface area (Å²) in [6, 6.07) is 2.51. The zero-order chi connectivity index (χ0) is 11.5. The van der Waals surface area contributed by atoms with Gasteiger partial charge in [0.1, 0.15) is 5.82 Å². The van der Waals surface area contributed by atoms with Crippen molar-refractivity contribution in [2.24, 2.45) is 0 Å². The van der Waals surface area contributed by atoms with Crippen molar-refractivity contribution < 1.29 is 0 Å². The van der Waals surface area contributed by atoms with Crippen LogP contribution in [0.2, 0.25) is 0 Å². The summed E-state index contributed by atoms with van der Waals surface area (Å²) in [4.78, 5) is 10.1. The zero-order valence-electron chi connectivity index (χ0n) is 9.87. The number of aromatic nitrogens is 2. The molecule has 0 saturated heterocycles. The molecule has 16 heavy (non-hydrogen) atoms. The van der Waals surface area contributed by atoms with Crippen molar-refractivity contribution >= 4 is 11.3 Å². The molecule has 3 nitrogen and oxygen atoms in total. The van der Waals surface area contributed by atoms with Crippen molar-refractivity contribution in [3.8, 4) is 0 Å². The molecule has 0 bridgehead atoms. The van der Waals surface area contributed by atoms with E-state index in [2.05, 4.69) is 42.1 Å². The third-order valence-corrected chi connectivity index (χ3v) is 3.68. The maximum atomic E-state index is 4.24. The van der Waals surface area contributed by atoms with Gasteiger partial charge >= 0.3 is 0 Å². The van der Waals surface area contributed by atoms with Crippen molar-refractivity contribution in [1.29, 1.82) is 0 Å². The normalized spacial score (nSPS) is 12.9. The highest BCUT2D eigenvalue weighted by Crippen LogP contribution is 2.21. The molecule has 0 radical (unpaired) electrons. The maximum absolute atomic E-state index is 4.24. The largest absolute Gasteiger partial charge is 0.347 e. The van der Waals surface area contributed by atoms with Gasteiger partial charge in [0.2, 0.25) is 0 Å². The van der Waals surface area contributed by atoms with Crippen LogP contribution in [-0.4, -0.2) is 9.97 Å². The summed E-state index contributed by atoms with van der Waals surface area (Å²) in [5, 5.41) is 3.47. The number of aryl methyl sites for hydroxylation is 2. The first kappa shape index (κ1) is 11.4. The lowest BCUT2D eigenvalue weighted by Crippen LogP contribution is -2.19. The fourth-order valence-electron chi connectivity index (χ4n) is 1.73. The Kier molecular flexibility index (Phi) is 3.41. The topological polar surface area (TPSA) is 40.7 Å². The molecule has 1 atom stereocenters. The fraction of sp³-hybridized carbons (Fsp3) is 0.417. The van der Waals surface area contributed by atoms with Gasteiger partial charge < -0.3 is 10.3 Å². The van der Waals surface area contributed by atoms with Crippen molar-refractivity contribution in [1.82, 2.24) is 15.3 Å². The number of hydrogen-bond acceptors (Lipinski definition) is 3. The number of aromatic amines is 1. The Labute approximate surface area is 99.9 Å². The quantitative estimate of drug-likeness (QED) is 0.855. The molecule has 0 aromatic carbocycles. The van der Waals surface area contributed by atoms with Gasteiger partial charge in [-0.2, -0.15) is 0 Å². The molecule has 2 heterocycles. The number of imidazole rings is 1. The zero-order valence-corrected chi connectivity index (χ0v) is 10.7. The fourth-order valence-corrected chi connectivity index (χ4v) is 2.68. The predicted molar refractivity (Wildman–Crippen MR) is 67.6 cm³/mol. The van der Waals surface area contributed by atoms with E-state index in [4.69, 9.17) is 0 Å². The van der Waals surface area contributed by atoms with E-state index in [1.54, 1.807) is 6.20 Å². The third kappa shape index (κ3) is 2.51. The van der Waals surface area contributed by atoms with Crippen molar-refractivity contribution in [3.05, 3.63) is 39.6 Å². The second-order valence-corrected chi connectivity index (χ2v) is 5.48. The molecule has 4 heteroatoms. The number of rotatable bonds is 4. The number of hydrogen-bond donors (Lipinski definition) is 2. The highest BCUT2D eigenvalue weighted by Gasteiger charge is 2.08. The molecule has 2 aromatic rings. The standard InChI is InChI=1S/C12H17N3S/c1-8-6-11(10(3)16-8)7-15-9(2)12-13-4-5-14-12/h4-6,9,15H,7H2,1-3H3,(H,13,14). The molecular formula is C12H17N3S. The van der Waals surface area contributed by atoms with Crippen LogP contribution < -0.4 is 5.32 Å². The number of nitrogens with one attached hydrogen (secondary N) is 2. The van der Waals surface area contributed by atoms with Crippen LogP contribution in [0.5, 0.6) is 0 Å². The molecule has 0 saturated carbocycles. The van der Waals surface area contributed by atoms with Crippen molar-refractivity contribution in [3.63, 3.8) is 0 Å². The average molecular weight is 235 g/mol. The Hall–Kier alpha value is -1.13. The molecule has 2 aromatic heterocycles. The van der Waals surface area contributed by atoms with Crippen LogP contribution in [-0.2, 0) is 6.54 Å². The lowest BCUT2D eigenvalue weighted by Gasteiger charge is -2.10. The SMILES string of the molecule is Cc1cc(CNC(C)c2ncc[nH]2)c(C)s1. The van der Waals surface area contributed by atoms with E-state index < -0.39 is 0 Å². The third-order valence-electron chi connectivity index (χ3n) is 2.67. The molecule has 0 amide bonds.